The van der Waals surface area contributed by atoms with E-state index < -0.39 is 5.97 Å². The molecule has 1 heterocycles. The highest BCUT2D eigenvalue weighted by Crippen LogP contribution is 2.20. The van der Waals surface area contributed by atoms with Gasteiger partial charge in [0.1, 0.15) is 0 Å². The third-order valence-corrected chi connectivity index (χ3v) is 3.14. The van der Waals surface area contributed by atoms with Crippen LogP contribution in [-0.4, -0.2) is 42.6 Å². The number of carboxylic acids is 1. The summed E-state index contributed by atoms with van der Waals surface area (Å²) in [5.74, 6) is -0.896. The molecule has 5 nitrogen and oxygen atoms in total. The molecule has 0 amide bonds. The quantitative estimate of drug-likeness (QED) is 0.753. The van der Waals surface area contributed by atoms with Gasteiger partial charge in [0.05, 0.1) is 24.3 Å². The number of benzene rings is 1. The number of hydrogen-bond acceptors (Lipinski definition) is 3. The third-order valence-electron chi connectivity index (χ3n) is 3.14. The maximum atomic E-state index is 11.3. The molecule has 2 rings (SSSR count). The topological polar surface area (TPSA) is 60.7 Å². The summed E-state index contributed by atoms with van der Waals surface area (Å²) < 4.78 is 12.3. The van der Waals surface area contributed by atoms with Gasteiger partial charge in [-0.05, 0) is 18.6 Å². The van der Waals surface area contributed by atoms with Crippen molar-refractivity contribution >= 4 is 16.9 Å². The monoisotopic (exact) mass is 277 g/mol. The van der Waals surface area contributed by atoms with Crippen LogP contribution in [0, 0.1) is 0 Å². The van der Waals surface area contributed by atoms with Gasteiger partial charge in [0.2, 0.25) is 0 Å². The minimum Gasteiger partial charge on any atom is -0.478 e. The van der Waals surface area contributed by atoms with Crippen LogP contribution in [0.3, 0.4) is 0 Å². The van der Waals surface area contributed by atoms with Crippen LogP contribution in [0.4, 0.5) is 0 Å². The Morgan fingerprint density at radius 2 is 2.10 bits per heavy atom. The third kappa shape index (κ3) is 3.37. The summed E-state index contributed by atoms with van der Waals surface area (Å²) in [6, 6.07) is 7.27. The minimum atomic E-state index is -0.896. The molecule has 20 heavy (non-hydrogen) atoms. The summed E-state index contributed by atoms with van der Waals surface area (Å²) in [5, 5.41) is 10.2. The number of fused-ring (bicyclic) bond motifs is 1. The molecule has 0 atom stereocenters. The van der Waals surface area contributed by atoms with Crippen LogP contribution in [-0.2, 0) is 16.0 Å². The molecule has 108 valence electrons. The summed E-state index contributed by atoms with van der Waals surface area (Å²) in [6.45, 7) is 2.55. The lowest BCUT2D eigenvalue weighted by molar-refractivity contribution is 0.0680. The lowest BCUT2D eigenvalue weighted by Crippen LogP contribution is -2.07. The fourth-order valence-corrected chi connectivity index (χ4v) is 2.20. The zero-order valence-corrected chi connectivity index (χ0v) is 11.5. The predicted octanol–water partition coefficient (Wildman–Crippen LogP) is 2.39. The van der Waals surface area contributed by atoms with Crippen molar-refractivity contribution in [3.8, 4) is 0 Å². The summed E-state index contributed by atoms with van der Waals surface area (Å²) in [7, 11) is 1.64. The number of carbonyl (C=O) groups is 1. The fraction of sp³-hybridized carbons (Fsp3) is 0.400. The van der Waals surface area contributed by atoms with E-state index in [1.807, 2.05) is 22.9 Å². The Morgan fingerprint density at radius 3 is 2.85 bits per heavy atom. The van der Waals surface area contributed by atoms with E-state index in [0.717, 1.165) is 23.9 Å². The highest BCUT2D eigenvalue weighted by molar-refractivity contribution is 6.02. The van der Waals surface area contributed by atoms with Crippen molar-refractivity contribution in [2.24, 2.45) is 0 Å². The molecule has 1 aromatic carbocycles. The van der Waals surface area contributed by atoms with Gasteiger partial charge < -0.3 is 19.1 Å². The molecule has 5 heteroatoms. The van der Waals surface area contributed by atoms with Crippen LogP contribution in [0.5, 0.6) is 0 Å². The number of aryl methyl sites for hydroxylation is 1. The predicted molar refractivity (Wildman–Crippen MR) is 76.2 cm³/mol. The number of hydrogen-bond donors (Lipinski definition) is 1. The Hall–Kier alpha value is -1.85. The van der Waals surface area contributed by atoms with Gasteiger partial charge in [-0.1, -0.05) is 12.1 Å². The zero-order chi connectivity index (χ0) is 14.4. The van der Waals surface area contributed by atoms with Crippen molar-refractivity contribution in [2.75, 3.05) is 26.9 Å². The fourth-order valence-electron chi connectivity index (χ4n) is 2.20. The van der Waals surface area contributed by atoms with Crippen LogP contribution in [0.15, 0.2) is 30.5 Å². The molecule has 0 bridgehead atoms. The van der Waals surface area contributed by atoms with Gasteiger partial charge in [-0.15, -0.1) is 0 Å². The molecule has 0 saturated carbocycles. The van der Waals surface area contributed by atoms with Gasteiger partial charge >= 0.3 is 5.97 Å². The number of methoxy groups -OCH3 is 1. The van der Waals surface area contributed by atoms with E-state index in [9.17, 15) is 9.90 Å². The van der Waals surface area contributed by atoms with Crippen molar-refractivity contribution in [1.82, 2.24) is 4.57 Å². The molecule has 0 aliphatic heterocycles. The summed E-state index contributed by atoms with van der Waals surface area (Å²) in [4.78, 5) is 11.3. The molecule has 1 aromatic heterocycles. The Kier molecular flexibility index (Phi) is 5.15. The van der Waals surface area contributed by atoms with Gasteiger partial charge in [0, 0.05) is 31.8 Å². The SMILES string of the molecule is COCCOCCCn1ccc2cccc(C(=O)O)c21. The molecule has 0 unspecified atom stereocenters. The van der Waals surface area contributed by atoms with Crippen molar-refractivity contribution in [1.29, 1.82) is 0 Å². The van der Waals surface area contributed by atoms with Crippen molar-refractivity contribution in [2.45, 2.75) is 13.0 Å². The normalized spacial score (nSPS) is 11.1. The molecule has 0 fully saturated rings. The molecular formula is C15H19NO4. The lowest BCUT2D eigenvalue weighted by atomic mass is 10.1. The van der Waals surface area contributed by atoms with Crippen LogP contribution in [0.25, 0.3) is 10.9 Å². The van der Waals surface area contributed by atoms with E-state index in [1.54, 1.807) is 19.2 Å². The molecule has 0 saturated heterocycles. The highest BCUT2D eigenvalue weighted by Gasteiger charge is 2.11. The average Bonchev–Trinajstić information content (AvgIpc) is 2.86. The first kappa shape index (κ1) is 14.6. The number of rotatable bonds is 8. The Labute approximate surface area is 117 Å². The molecule has 1 N–H and O–H groups in total. The largest absolute Gasteiger partial charge is 0.478 e. The maximum Gasteiger partial charge on any atom is 0.337 e. The second-order valence-corrected chi connectivity index (χ2v) is 4.52. The second-order valence-electron chi connectivity index (χ2n) is 4.52. The minimum absolute atomic E-state index is 0.341. The maximum absolute atomic E-state index is 11.3. The first-order valence-corrected chi connectivity index (χ1v) is 6.62. The number of carboxylic acid groups (broad SMARTS) is 1. The zero-order valence-electron chi connectivity index (χ0n) is 11.5. The summed E-state index contributed by atoms with van der Waals surface area (Å²) >= 11 is 0. The number of para-hydroxylation sites is 1. The average molecular weight is 277 g/mol. The van der Waals surface area contributed by atoms with Gasteiger partial charge in [0.15, 0.2) is 0 Å². The van der Waals surface area contributed by atoms with E-state index in [-0.39, 0.29) is 0 Å². The van der Waals surface area contributed by atoms with Gasteiger partial charge in [-0.2, -0.15) is 0 Å². The Balaban J connectivity index is 2.01. The number of aromatic nitrogens is 1. The van der Waals surface area contributed by atoms with Crippen LogP contribution < -0.4 is 0 Å². The lowest BCUT2D eigenvalue weighted by Gasteiger charge is -2.08. The number of nitrogens with zero attached hydrogens (tertiary/aromatic N) is 1. The molecule has 2 aromatic rings. The second kappa shape index (κ2) is 7.07. The van der Waals surface area contributed by atoms with E-state index in [4.69, 9.17) is 9.47 Å². The molecule has 0 radical (unpaired) electrons. The summed E-state index contributed by atoms with van der Waals surface area (Å²) in [6.07, 6.45) is 2.76. The number of aromatic carboxylic acids is 1. The van der Waals surface area contributed by atoms with Gasteiger partial charge in [0.25, 0.3) is 0 Å². The molecule has 0 aliphatic rings. The van der Waals surface area contributed by atoms with E-state index >= 15 is 0 Å². The van der Waals surface area contributed by atoms with Crippen molar-refractivity contribution in [3.05, 3.63) is 36.0 Å². The first-order chi connectivity index (χ1) is 9.74. The van der Waals surface area contributed by atoms with Crippen LogP contribution in [0.2, 0.25) is 0 Å². The van der Waals surface area contributed by atoms with Crippen LogP contribution >= 0.6 is 0 Å². The van der Waals surface area contributed by atoms with Gasteiger partial charge in [-0.3, -0.25) is 0 Å². The van der Waals surface area contributed by atoms with E-state index in [2.05, 4.69) is 0 Å². The smallest absolute Gasteiger partial charge is 0.337 e. The van der Waals surface area contributed by atoms with Crippen molar-refractivity contribution in [3.63, 3.8) is 0 Å². The standard InChI is InChI=1S/C15H19NO4/c1-19-10-11-20-9-3-7-16-8-6-12-4-2-5-13(14(12)16)15(17)18/h2,4-6,8H,3,7,9-11H2,1H3,(H,17,18). The van der Waals surface area contributed by atoms with Crippen LogP contribution in [0.1, 0.15) is 16.8 Å². The summed E-state index contributed by atoms with van der Waals surface area (Å²) in [5.41, 5.74) is 1.12. The Morgan fingerprint density at radius 1 is 1.25 bits per heavy atom. The highest BCUT2D eigenvalue weighted by atomic mass is 16.5. The number of ether oxygens (including phenoxy) is 2. The molecule has 0 spiro atoms. The molecule has 0 aliphatic carbocycles. The molecular weight excluding hydrogens is 258 g/mol. The first-order valence-electron chi connectivity index (χ1n) is 6.62. The van der Waals surface area contributed by atoms with Crippen molar-refractivity contribution < 1.29 is 19.4 Å². The van der Waals surface area contributed by atoms with E-state index in [0.29, 0.717) is 25.4 Å². The van der Waals surface area contributed by atoms with Gasteiger partial charge in [-0.25, -0.2) is 4.79 Å². The Bertz CT molecular complexity index is 576. The van der Waals surface area contributed by atoms with E-state index in [1.165, 1.54) is 0 Å².